The topological polar surface area (TPSA) is 26.3 Å². The predicted molar refractivity (Wildman–Crippen MR) is 435 cm³/mol. The maximum absolute atomic E-state index is 9.93. The molecule has 0 amide bonds. The fourth-order valence-corrected chi connectivity index (χ4v) is 12.9. The van der Waals surface area contributed by atoms with Gasteiger partial charge in [0.05, 0.1) is 80.9 Å². The van der Waals surface area contributed by atoms with E-state index in [4.69, 9.17) is 58.2 Å². The number of fused-ring (bicyclic) bond motifs is 20. The molecule has 0 saturated carbocycles. The van der Waals surface area contributed by atoms with Crippen LogP contribution in [0, 0.1) is 0 Å². The zero-order valence-electron chi connectivity index (χ0n) is 110. The van der Waals surface area contributed by atoms with E-state index in [-0.39, 0.29) is 10.8 Å². The molecule has 2 aromatic heterocycles. The van der Waals surface area contributed by atoms with Gasteiger partial charge in [-0.05, 0) is 217 Å². The summed E-state index contributed by atoms with van der Waals surface area (Å²) < 4.78 is 547. The van der Waals surface area contributed by atoms with E-state index in [1.165, 1.54) is 0 Å². The van der Waals surface area contributed by atoms with Gasteiger partial charge >= 0.3 is 0 Å². The lowest BCUT2D eigenvalue weighted by Crippen LogP contribution is -1.91. The highest BCUT2D eigenvalue weighted by molar-refractivity contribution is 6.27. The summed E-state index contributed by atoms with van der Waals surface area (Å²) in [5, 5.41) is -13.8. The van der Waals surface area contributed by atoms with Gasteiger partial charge < -0.3 is 8.83 Å². The van der Waals surface area contributed by atoms with Crippen molar-refractivity contribution in [3.05, 3.63) is 363 Å². The average Bonchev–Trinajstić information content (AvgIpc) is 1.30. The molecule has 0 aliphatic carbocycles. The Labute approximate surface area is 670 Å². The fourth-order valence-electron chi connectivity index (χ4n) is 12.9. The van der Waals surface area contributed by atoms with Gasteiger partial charge in [0.15, 0.2) is 0 Å². The minimum absolute atomic E-state index is 0.364. The average molecular weight is 1350 g/mol. The third-order valence-electron chi connectivity index (χ3n) is 17.2. The molecule has 20 aromatic carbocycles. The van der Waals surface area contributed by atoms with Crippen molar-refractivity contribution in [2.75, 3.05) is 0 Å². The van der Waals surface area contributed by atoms with E-state index in [9.17, 15) is 31.5 Å². The molecule has 0 unspecified atom stereocenters. The maximum Gasteiger partial charge on any atom is 0.136 e. The van der Waals surface area contributed by atoms with Crippen LogP contribution in [0.3, 0.4) is 0 Å². The van der Waals surface area contributed by atoms with Gasteiger partial charge in [0, 0.05) is 21.5 Å². The molecular weight excluding hydrogens is 1230 g/mol. The van der Waals surface area contributed by atoms with Crippen LogP contribution < -0.4 is 0 Å². The van der Waals surface area contributed by atoms with Gasteiger partial charge in [0.1, 0.15) is 22.3 Å². The second-order valence-corrected chi connectivity index (χ2v) is 22.6. The molecule has 2 heterocycles. The van der Waals surface area contributed by atoms with E-state index in [1.807, 2.05) is 0 Å². The monoisotopic (exact) mass is 1350 g/mol. The summed E-state index contributed by atoms with van der Waals surface area (Å²) >= 11 is 0. The van der Waals surface area contributed by atoms with Crippen molar-refractivity contribution in [2.24, 2.45) is 0 Å². The highest BCUT2D eigenvalue weighted by Crippen LogP contribution is 2.49. The van der Waals surface area contributed by atoms with Crippen LogP contribution in [0.2, 0.25) is 0 Å². The van der Waals surface area contributed by atoms with Gasteiger partial charge in [-0.2, -0.15) is 0 Å². The summed E-state index contributed by atoms with van der Waals surface area (Å²) in [5.74, 6) is 0. The minimum atomic E-state index is -1.15. The van der Waals surface area contributed by atoms with Crippen molar-refractivity contribution >= 4 is 152 Å². The largest absolute Gasteiger partial charge is 0.456 e. The van der Waals surface area contributed by atoms with Crippen LogP contribution in [-0.4, -0.2) is 0 Å². The lowest BCUT2D eigenvalue weighted by molar-refractivity contribution is 0.669. The van der Waals surface area contributed by atoms with Crippen molar-refractivity contribution in [2.45, 2.75) is 0 Å². The molecule has 0 radical (unpaired) electrons. The van der Waals surface area contributed by atoms with E-state index in [0.717, 1.165) is 6.07 Å². The first-order chi connectivity index (χ1) is 75.2. The summed E-state index contributed by atoms with van der Waals surface area (Å²) in [6.45, 7) is 0. The first-order valence-electron chi connectivity index (χ1n) is 59.9. The minimum Gasteiger partial charge on any atom is -0.456 e. The highest BCUT2D eigenvalue weighted by atomic mass is 16.3. The Hall–Kier alpha value is -13.4. The van der Waals surface area contributed by atoms with Crippen LogP contribution in [0.4, 0.5) is 0 Å². The van der Waals surface area contributed by atoms with Crippen LogP contribution in [0.25, 0.3) is 218 Å². The van der Waals surface area contributed by atoms with Gasteiger partial charge in [0.2, 0.25) is 0 Å². The molecule has 2 heteroatoms. The SMILES string of the molecule is [2H]c1c([2H])c(-c2c([2H])c3c([2H])c([2H])c([2H])c([2H])c3c3c([2H])c([2H])c([2H])c([2H])c23)c([2H])c([2H])c1-c1c2c([2H])c([2H])c([2H])c([2H])c2c(-c2c([2H])c([2H])c3oc4c([2H])c([2H])c5c([2H])c([2H])c([2H])c([2H])c5c4c3c2[2H])c2c([2H])c([2H])c([2H])c([2H])c12.[2H]c1c([2H])c(-c2c3c([2H])c([2H])c([2H])c([2H])c3c(-c3c([2H])c([2H])c4oc5c([2H])c([2H])c6c([2H])c([2H])c([2H])c([2H])c6c5c4c3[2H])c3c([2H])c([2H])c([2H])c([2H])c23)c([2H])c([2H])c1-c1c([2H])c([2H])c([2H])c2c1cc([2H])c1c([2H])c([2H])c([2H])c([2H])c12. The third kappa shape index (κ3) is 9.06. The molecule has 0 bridgehead atoms. The molecule has 0 fully saturated rings. The molecule has 2 nitrogen and oxygen atoms in total. The van der Waals surface area contributed by atoms with Gasteiger partial charge in [-0.25, -0.2) is 0 Å². The van der Waals surface area contributed by atoms with Crippen molar-refractivity contribution in [3.63, 3.8) is 0 Å². The van der Waals surface area contributed by atoms with E-state index in [1.54, 1.807) is 0 Å². The van der Waals surface area contributed by atoms with Gasteiger partial charge in [-0.1, -0.05) is 320 Å². The normalized spacial score (nSPS) is 20.0. The van der Waals surface area contributed by atoms with E-state index in [2.05, 4.69) is 0 Å². The molecule has 0 spiro atoms. The van der Waals surface area contributed by atoms with Crippen molar-refractivity contribution in [1.29, 1.82) is 0 Å². The molecule has 0 atom stereocenters. The smallest absolute Gasteiger partial charge is 0.136 e. The van der Waals surface area contributed by atoms with Gasteiger partial charge in [-0.3, -0.25) is 0 Å². The first-order valence-corrected chi connectivity index (χ1v) is 30.4. The lowest BCUT2D eigenvalue weighted by Gasteiger charge is -2.18. The third-order valence-corrected chi connectivity index (χ3v) is 17.2. The number of hydrogen-bond donors (Lipinski definition) is 0. The standard InChI is InChI=1S/2C50H30O/c1-4-14-37-31(11-1)25-28-47-50(37)45-30-35(26-27-46(45)51-47)49-42-19-9-7-17-40(42)48(41-18-8-10-20-43(41)49)33-23-21-32(22-24-33)44-29-34-12-2-3-13-36(34)38-15-5-6-16-39(38)44;1-3-12-36-31(10-1)24-27-40-37(18-9-19-39(36)40)33-20-22-34(23-21-33)48-41-14-5-7-16-43(41)49(44-17-8-6-15-42(44)48)35-26-28-46-45(30-35)50-38-13-4-2-11-32(38)25-29-47(50)51-46/h2*1-30H/i1D,2D,3D,4D,5D,6D,7D,8D,9D,10D,11D,12D,13D,14D,15D,16D,17D,18D,19D,20D,21D,22D,23D,24D,25D,26D,27D,28D,29D,30D;1D,2D,3D,4D,5D,6D,7D,8D,9D,10D,11D,12D,13D,14D,15D,16D,17D,18D,19D,20D,21D,22D,23D,24D,25D,26D,28D,29D,30D. The second-order valence-electron chi connectivity index (χ2n) is 22.6. The highest BCUT2D eigenvalue weighted by Gasteiger charge is 2.22. The first kappa shape index (κ1) is 24.2. The number of hydrogen-bond acceptors (Lipinski definition) is 2. The fraction of sp³-hybridized carbons (Fsp3) is 0. The Morgan fingerprint density at radius 1 is 0.167 bits per heavy atom. The second kappa shape index (κ2) is 23.1. The summed E-state index contributed by atoms with van der Waals surface area (Å²) in [7, 11) is 0. The number of benzene rings is 20. The summed E-state index contributed by atoms with van der Waals surface area (Å²) in [6, 6.07) is -52.8. The van der Waals surface area contributed by atoms with Crippen LogP contribution in [0.15, 0.2) is 371 Å². The molecule has 22 aromatic rings. The Morgan fingerprint density at radius 2 is 0.471 bits per heavy atom. The molecule has 0 saturated heterocycles. The molecular formula is C100H60O2. The van der Waals surface area contributed by atoms with Crippen LogP contribution in [0.5, 0.6) is 0 Å². The molecule has 102 heavy (non-hydrogen) atoms. The molecule has 0 aliphatic heterocycles. The molecule has 0 N–H and O–H groups in total. The zero-order chi connectivity index (χ0) is 118. The maximum atomic E-state index is 9.93. The number of furan rings is 2. The number of rotatable bonds is 6. The van der Waals surface area contributed by atoms with E-state index >= 15 is 0 Å². The Bertz CT molecular complexity index is 10800. The Morgan fingerprint density at radius 3 is 0.922 bits per heavy atom. The van der Waals surface area contributed by atoms with Crippen LogP contribution in [0.1, 0.15) is 80.9 Å². The zero-order valence-corrected chi connectivity index (χ0v) is 50.9. The Kier molecular flexibility index (Phi) is 5.48. The quantitative estimate of drug-likeness (QED) is 0.123. The summed E-state index contributed by atoms with van der Waals surface area (Å²) in [6.07, 6.45) is 0. The molecule has 0 aliphatic rings. The molecule has 472 valence electrons. The van der Waals surface area contributed by atoms with Crippen molar-refractivity contribution in [1.82, 2.24) is 0 Å². The van der Waals surface area contributed by atoms with Gasteiger partial charge in [-0.15, -0.1) is 0 Å². The van der Waals surface area contributed by atoms with Crippen molar-refractivity contribution in [3.8, 4) is 66.8 Å². The predicted octanol–water partition coefficient (Wildman–Crippen LogP) is 28.7. The van der Waals surface area contributed by atoms with Crippen molar-refractivity contribution < 1.29 is 89.7 Å². The summed E-state index contributed by atoms with van der Waals surface area (Å²) in [5.41, 5.74) is -11.7. The van der Waals surface area contributed by atoms with Crippen LogP contribution >= 0.6 is 0 Å². The van der Waals surface area contributed by atoms with Gasteiger partial charge in [0.25, 0.3) is 0 Å². The summed E-state index contributed by atoms with van der Waals surface area (Å²) in [4.78, 5) is 0. The van der Waals surface area contributed by atoms with E-state index in [0.29, 0.717) is 0 Å². The molecule has 22 rings (SSSR count). The lowest BCUT2D eigenvalue weighted by atomic mass is 9.85. The Balaban J connectivity index is 0.000000185. The van der Waals surface area contributed by atoms with Crippen LogP contribution in [-0.2, 0) is 0 Å². The van der Waals surface area contributed by atoms with E-state index < -0.39 is 564 Å².